The van der Waals surface area contributed by atoms with Crippen LogP contribution in [0.1, 0.15) is 19.3 Å². The molecule has 0 spiro atoms. The minimum atomic E-state index is -3.52. The number of aromatic nitrogens is 2. The number of sulfonamides is 1. The summed E-state index contributed by atoms with van der Waals surface area (Å²) >= 11 is 0. The van der Waals surface area contributed by atoms with Crippen molar-refractivity contribution in [3.05, 3.63) is 24.5 Å². The minimum absolute atomic E-state index is 0. The maximum absolute atomic E-state index is 12.9. The molecule has 6 nitrogen and oxygen atoms in total. The molecule has 1 aliphatic heterocycles. The Labute approximate surface area is 130 Å². The number of nitrogens with zero attached hydrogens (tertiary/aromatic N) is 2. The smallest absolute Gasteiger partial charge is 0.245 e. The molecule has 0 aromatic carbocycles. The van der Waals surface area contributed by atoms with Crippen LogP contribution in [0.3, 0.4) is 0 Å². The molecule has 2 aromatic heterocycles. The third kappa shape index (κ3) is 2.78. The summed E-state index contributed by atoms with van der Waals surface area (Å²) in [5, 5.41) is 0.633. The van der Waals surface area contributed by atoms with Crippen molar-refractivity contribution >= 4 is 33.5 Å². The van der Waals surface area contributed by atoms with Crippen molar-refractivity contribution in [1.29, 1.82) is 0 Å². The molecule has 0 aliphatic carbocycles. The van der Waals surface area contributed by atoms with Crippen LogP contribution in [0.5, 0.6) is 0 Å². The van der Waals surface area contributed by atoms with E-state index in [0.29, 0.717) is 29.0 Å². The average molecular weight is 331 g/mol. The molecule has 2 aromatic rings. The highest BCUT2D eigenvalue weighted by Gasteiger charge is 2.34. The van der Waals surface area contributed by atoms with Crippen molar-refractivity contribution in [1.82, 2.24) is 14.3 Å². The number of halogens is 1. The van der Waals surface area contributed by atoms with E-state index in [-0.39, 0.29) is 18.4 Å². The van der Waals surface area contributed by atoms with E-state index in [2.05, 4.69) is 9.97 Å². The van der Waals surface area contributed by atoms with E-state index in [1.165, 1.54) is 6.20 Å². The number of pyridine rings is 1. The van der Waals surface area contributed by atoms with Gasteiger partial charge in [-0.25, -0.2) is 13.4 Å². The first kappa shape index (κ1) is 16.2. The molecule has 0 saturated carbocycles. The second kappa shape index (κ2) is 6.31. The number of rotatable bonds is 3. The van der Waals surface area contributed by atoms with Crippen molar-refractivity contribution < 1.29 is 8.42 Å². The third-order valence-corrected chi connectivity index (χ3v) is 5.84. The van der Waals surface area contributed by atoms with E-state index in [9.17, 15) is 8.42 Å². The summed E-state index contributed by atoms with van der Waals surface area (Å²) in [7, 11) is -3.52. The molecule has 1 atom stereocenters. The first-order valence-corrected chi connectivity index (χ1v) is 8.22. The Hall–Kier alpha value is -1.15. The second-order valence-corrected chi connectivity index (χ2v) is 6.91. The lowest BCUT2D eigenvalue weighted by molar-refractivity contribution is 0.258. The zero-order chi connectivity index (χ0) is 14.2. The Balaban J connectivity index is 0.00000161. The first-order valence-electron chi connectivity index (χ1n) is 6.78. The van der Waals surface area contributed by atoms with E-state index in [1.807, 2.05) is 0 Å². The van der Waals surface area contributed by atoms with Crippen molar-refractivity contribution in [3.63, 3.8) is 0 Å². The number of hydrogen-bond donors (Lipinski definition) is 2. The fourth-order valence-corrected chi connectivity index (χ4v) is 4.65. The summed E-state index contributed by atoms with van der Waals surface area (Å²) < 4.78 is 27.3. The van der Waals surface area contributed by atoms with Crippen LogP contribution in [0, 0.1) is 0 Å². The lowest BCUT2D eigenvalue weighted by atomic mass is 10.1. The summed E-state index contributed by atoms with van der Waals surface area (Å²) in [4.78, 5) is 7.35. The van der Waals surface area contributed by atoms with Gasteiger partial charge in [-0.3, -0.25) is 0 Å². The number of aromatic amines is 1. The van der Waals surface area contributed by atoms with Crippen LogP contribution in [0.15, 0.2) is 29.4 Å². The van der Waals surface area contributed by atoms with Crippen molar-refractivity contribution in [3.8, 4) is 0 Å². The maximum atomic E-state index is 12.9. The maximum Gasteiger partial charge on any atom is 0.245 e. The average Bonchev–Trinajstić information content (AvgIpc) is 2.92. The lowest BCUT2D eigenvalue weighted by Gasteiger charge is -2.33. The van der Waals surface area contributed by atoms with Crippen molar-refractivity contribution in [2.45, 2.75) is 30.2 Å². The Morgan fingerprint density at radius 3 is 3.00 bits per heavy atom. The Kier molecular flexibility index (Phi) is 4.88. The molecule has 1 fully saturated rings. The molecule has 3 rings (SSSR count). The van der Waals surface area contributed by atoms with Crippen molar-refractivity contribution in [2.24, 2.45) is 5.73 Å². The number of nitrogens with two attached hydrogens (primary N) is 1. The highest BCUT2D eigenvalue weighted by atomic mass is 35.5. The summed E-state index contributed by atoms with van der Waals surface area (Å²) in [6.45, 7) is 0.900. The number of hydrogen-bond acceptors (Lipinski definition) is 4. The van der Waals surface area contributed by atoms with E-state index < -0.39 is 10.0 Å². The summed E-state index contributed by atoms with van der Waals surface area (Å²) in [6.07, 6.45) is 5.91. The van der Waals surface area contributed by atoms with Gasteiger partial charge in [0.1, 0.15) is 10.5 Å². The third-order valence-electron chi connectivity index (χ3n) is 3.84. The molecule has 0 bridgehead atoms. The van der Waals surface area contributed by atoms with E-state index in [0.717, 1.165) is 19.3 Å². The number of piperidine rings is 1. The van der Waals surface area contributed by atoms with Gasteiger partial charge in [-0.05, 0) is 25.0 Å². The number of H-pyrrole nitrogens is 1. The Morgan fingerprint density at radius 2 is 2.24 bits per heavy atom. The van der Waals surface area contributed by atoms with Gasteiger partial charge in [0.25, 0.3) is 0 Å². The van der Waals surface area contributed by atoms with Gasteiger partial charge in [-0.1, -0.05) is 6.42 Å². The molecular weight excluding hydrogens is 312 g/mol. The topological polar surface area (TPSA) is 92.1 Å². The van der Waals surface area contributed by atoms with Gasteiger partial charge in [0.15, 0.2) is 0 Å². The number of fused-ring (bicyclic) bond motifs is 1. The lowest BCUT2D eigenvalue weighted by Crippen LogP contribution is -2.47. The van der Waals surface area contributed by atoms with Crippen molar-refractivity contribution in [2.75, 3.05) is 13.1 Å². The summed E-state index contributed by atoms with van der Waals surface area (Å²) in [6, 6.07) is 3.41. The molecule has 1 saturated heterocycles. The Morgan fingerprint density at radius 1 is 1.43 bits per heavy atom. The predicted octanol–water partition coefficient (Wildman–Crippen LogP) is 1.49. The largest absolute Gasteiger partial charge is 0.345 e. The normalized spacial score (nSPS) is 20.3. The highest BCUT2D eigenvalue weighted by molar-refractivity contribution is 7.89. The first-order chi connectivity index (χ1) is 9.64. The molecule has 1 unspecified atom stereocenters. The van der Waals surface area contributed by atoms with E-state index in [4.69, 9.17) is 5.73 Å². The zero-order valence-electron chi connectivity index (χ0n) is 11.5. The zero-order valence-corrected chi connectivity index (χ0v) is 13.2. The van der Waals surface area contributed by atoms with Crippen LogP contribution in [-0.2, 0) is 10.0 Å². The van der Waals surface area contributed by atoms with Gasteiger partial charge in [-0.15, -0.1) is 12.4 Å². The molecule has 0 amide bonds. The predicted molar refractivity (Wildman–Crippen MR) is 83.9 cm³/mol. The fraction of sp³-hybridized carbons (Fsp3) is 0.462. The van der Waals surface area contributed by atoms with Crippen LogP contribution in [0.2, 0.25) is 0 Å². The van der Waals surface area contributed by atoms with E-state index in [1.54, 1.807) is 22.6 Å². The van der Waals surface area contributed by atoms with Crippen LogP contribution >= 0.6 is 12.4 Å². The van der Waals surface area contributed by atoms with Gasteiger partial charge in [0.05, 0.1) is 0 Å². The van der Waals surface area contributed by atoms with Gasteiger partial charge >= 0.3 is 0 Å². The monoisotopic (exact) mass is 330 g/mol. The SMILES string of the molecule is Cl.NCC1CCCCN1S(=O)(=O)c1c[nH]c2ncccc12. The molecule has 3 N–H and O–H groups in total. The molecule has 8 heteroatoms. The van der Waals surface area contributed by atoms with Gasteiger partial charge in [-0.2, -0.15) is 4.31 Å². The Bertz CT molecular complexity index is 716. The summed E-state index contributed by atoms with van der Waals surface area (Å²) in [5.41, 5.74) is 6.32. The van der Waals surface area contributed by atoms with Crippen LogP contribution in [-0.4, -0.2) is 41.8 Å². The van der Waals surface area contributed by atoms with Crippen LogP contribution in [0.4, 0.5) is 0 Å². The van der Waals surface area contributed by atoms with Crippen LogP contribution < -0.4 is 5.73 Å². The molecule has 1 aliphatic rings. The van der Waals surface area contributed by atoms with Gasteiger partial charge in [0, 0.05) is 36.9 Å². The molecule has 21 heavy (non-hydrogen) atoms. The van der Waals surface area contributed by atoms with Crippen LogP contribution in [0.25, 0.3) is 11.0 Å². The highest BCUT2D eigenvalue weighted by Crippen LogP contribution is 2.28. The number of nitrogens with one attached hydrogen (secondary N) is 1. The molecule has 116 valence electrons. The quantitative estimate of drug-likeness (QED) is 0.891. The fourth-order valence-electron chi connectivity index (χ4n) is 2.80. The standard InChI is InChI=1S/C13H18N4O2S.ClH/c14-8-10-4-1-2-7-17(10)20(18,19)12-9-16-13-11(12)5-3-6-15-13;/h3,5-6,9-10H,1-2,4,7-8,14H2,(H,15,16);1H. The molecular formula is C13H19ClN4O2S. The van der Waals surface area contributed by atoms with E-state index >= 15 is 0 Å². The molecule has 3 heterocycles. The summed E-state index contributed by atoms with van der Waals surface area (Å²) in [5.74, 6) is 0. The van der Waals surface area contributed by atoms with Gasteiger partial charge in [0.2, 0.25) is 10.0 Å². The van der Waals surface area contributed by atoms with Gasteiger partial charge < -0.3 is 10.7 Å². The minimum Gasteiger partial charge on any atom is -0.345 e. The second-order valence-electron chi connectivity index (χ2n) is 5.05. The molecule has 0 radical (unpaired) electrons.